The molecule has 0 saturated heterocycles. The van der Waals surface area contributed by atoms with Crippen molar-refractivity contribution in [2.75, 3.05) is 31.8 Å². The Kier molecular flexibility index (Phi) is 13.7. The van der Waals surface area contributed by atoms with Gasteiger partial charge in [-0.2, -0.15) is 0 Å². The Balaban J connectivity index is 2.21. The molecule has 0 fully saturated rings. The van der Waals surface area contributed by atoms with Gasteiger partial charge >= 0.3 is 255 Å². The molecule has 0 saturated carbocycles. The molecule has 2 aromatic carbocycles. The quantitative estimate of drug-likeness (QED) is 0.0713. The third-order valence-electron chi connectivity index (χ3n) is 5.53. The number of benzene rings is 2. The minimum atomic E-state index is -1.29. The van der Waals surface area contributed by atoms with Gasteiger partial charge in [-0.1, -0.05) is 0 Å². The maximum atomic E-state index is 13.3. The van der Waals surface area contributed by atoms with Crippen LogP contribution in [0.25, 0.3) is 0 Å². The van der Waals surface area contributed by atoms with Crippen LogP contribution in [0.4, 0.5) is 11.4 Å². The normalized spacial score (nSPS) is 11.9. The second-order valence-electron chi connectivity index (χ2n) is 8.52. The molecule has 2 rings (SSSR count). The number of aliphatic carboxylic acids is 2. The number of nitrogens with two attached hydrogens (primary N) is 1. The number of carboxylic acid groups (broad SMARTS) is 2. The van der Waals surface area contributed by atoms with Gasteiger partial charge in [-0.3, -0.25) is 0 Å². The van der Waals surface area contributed by atoms with Gasteiger partial charge in [-0.25, -0.2) is 0 Å². The van der Waals surface area contributed by atoms with E-state index in [1.54, 1.807) is 12.1 Å². The molecule has 7 N–H and O–H groups in total. The molecule has 0 aliphatic carbocycles. The first-order valence-electron chi connectivity index (χ1n) is 12.2. The van der Waals surface area contributed by atoms with Crippen molar-refractivity contribution in [3.8, 4) is 11.5 Å². The van der Waals surface area contributed by atoms with E-state index in [1.165, 1.54) is 48.7 Å². The third kappa shape index (κ3) is 10.8. The molecule has 2 atom stereocenters. The summed E-state index contributed by atoms with van der Waals surface area (Å²) in [4.78, 5) is 70.6. The zero-order valence-corrected chi connectivity index (χ0v) is 25.4. The van der Waals surface area contributed by atoms with Crippen molar-refractivity contribution in [1.29, 1.82) is 0 Å². The predicted octanol–water partition coefficient (Wildman–Crippen LogP) is -0.280. The van der Waals surface area contributed by atoms with Crippen molar-refractivity contribution in [3.63, 3.8) is 0 Å². The van der Waals surface area contributed by atoms with Crippen LogP contribution in [-0.2, 0) is 19.2 Å². The number of carbonyl (C=O) groups excluding carboxylic acids is 3. The number of hydrogen-bond donors (Lipinski definition) is 6. The Morgan fingerprint density at radius 2 is 1.79 bits per heavy atom. The summed E-state index contributed by atoms with van der Waals surface area (Å²) in [6.45, 7) is -0.687. The first-order valence-corrected chi connectivity index (χ1v) is 16.1. The molecule has 2 aromatic rings. The second kappa shape index (κ2) is 16.9. The van der Waals surface area contributed by atoms with Crippen molar-refractivity contribution in [3.05, 3.63) is 52.1 Å². The Labute approximate surface area is 254 Å². The molecular weight excluding hydrogens is 657 g/mol. The standard InChI is InChI=1S/C25H29N5O11SSe/c1-40-18-5-3-4-14(23(34)29-16-8-6-13(30(38)39)10-19(16)41-2)22(18)43-42-12-17(24(35)27-11-21(32)33)28-20(31)9-7-15(26)25(36)37/h3-6,8,10,15,17H,7,9,11-12,26H2,1-2H3,(H,27,35)(H,28,31)(H,29,34)(H,32,33)(H,36,37)/t15-,17-/m1/s1. The molecule has 0 radical (unpaired) electrons. The van der Waals surface area contributed by atoms with Crippen LogP contribution in [0.1, 0.15) is 23.2 Å². The SMILES string of the molecule is COc1cc([N+](=O)[O-])ccc1NC(=O)c1cccc(OC)c1[Se]SC[C@@H](NC(=O)CC[C@@H](N)C(=O)O)C(=O)NCC(=O)O. The molecule has 3 amide bonds. The molecule has 0 aliphatic heterocycles. The van der Waals surface area contributed by atoms with Crippen molar-refractivity contribution in [2.45, 2.75) is 24.9 Å². The first-order chi connectivity index (χ1) is 20.4. The summed E-state index contributed by atoms with van der Waals surface area (Å²) in [6.07, 6.45) is -0.462. The van der Waals surface area contributed by atoms with E-state index in [2.05, 4.69) is 16.0 Å². The van der Waals surface area contributed by atoms with Crippen LogP contribution in [0.2, 0.25) is 0 Å². The summed E-state index contributed by atoms with van der Waals surface area (Å²) in [5.74, 6) is -4.17. The van der Waals surface area contributed by atoms with Crippen LogP contribution in [0.5, 0.6) is 11.5 Å². The molecule has 16 nitrogen and oxygen atoms in total. The fourth-order valence-electron chi connectivity index (χ4n) is 3.33. The summed E-state index contributed by atoms with van der Waals surface area (Å²) < 4.78 is 11.1. The van der Waals surface area contributed by atoms with Gasteiger partial charge in [0, 0.05) is 0 Å². The Morgan fingerprint density at radius 1 is 1.09 bits per heavy atom. The summed E-state index contributed by atoms with van der Waals surface area (Å²) >= 11 is -0.597. The number of anilines is 1. The van der Waals surface area contributed by atoms with Crippen molar-refractivity contribution < 1.29 is 48.6 Å². The molecule has 232 valence electrons. The van der Waals surface area contributed by atoms with Crippen molar-refractivity contribution in [2.24, 2.45) is 5.73 Å². The van der Waals surface area contributed by atoms with Crippen LogP contribution >= 0.6 is 10.2 Å². The number of amides is 3. The van der Waals surface area contributed by atoms with E-state index in [1.807, 2.05) is 0 Å². The molecule has 43 heavy (non-hydrogen) atoms. The average molecular weight is 687 g/mol. The van der Waals surface area contributed by atoms with Crippen LogP contribution in [0.15, 0.2) is 36.4 Å². The van der Waals surface area contributed by atoms with E-state index in [0.717, 1.165) is 0 Å². The zero-order chi connectivity index (χ0) is 32.1. The molecule has 18 heteroatoms. The fourth-order valence-corrected chi connectivity index (χ4v) is 7.83. The number of carboxylic acids is 2. The maximum absolute atomic E-state index is 13.3. The summed E-state index contributed by atoms with van der Waals surface area (Å²) in [6, 6.07) is 6.02. The number of hydrogen-bond acceptors (Lipinski definition) is 11. The number of nitro groups is 1. The van der Waals surface area contributed by atoms with Gasteiger partial charge in [0.2, 0.25) is 0 Å². The molecule has 0 unspecified atom stereocenters. The average Bonchev–Trinajstić information content (AvgIpc) is 2.97. The Morgan fingerprint density at radius 3 is 2.40 bits per heavy atom. The molecule has 0 heterocycles. The van der Waals surface area contributed by atoms with E-state index in [0.29, 0.717) is 10.2 Å². The van der Waals surface area contributed by atoms with Crippen LogP contribution in [0.3, 0.4) is 0 Å². The predicted molar refractivity (Wildman–Crippen MR) is 156 cm³/mol. The number of nitrogens with one attached hydrogen (secondary N) is 3. The van der Waals surface area contributed by atoms with Gasteiger partial charge in [0.25, 0.3) is 0 Å². The van der Waals surface area contributed by atoms with Gasteiger partial charge < -0.3 is 0 Å². The third-order valence-corrected chi connectivity index (χ3v) is 9.81. The monoisotopic (exact) mass is 687 g/mol. The fraction of sp³-hybridized carbons (Fsp3) is 0.320. The van der Waals surface area contributed by atoms with E-state index in [-0.39, 0.29) is 41.3 Å². The van der Waals surface area contributed by atoms with Gasteiger partial charge in [0.05, 0.1) is 0 Å². The van der Waals surface area contributed by atoms with Crippen molar-refractivity contribution in [1.82, 2.24) is 10.6 Å². The minimum absolute atomic E-state index is 0.0303. The van der Waals surface area contributed by atoms with Crippen molar-refractivity contribution >= 4 is 69.5 Å². The van der Waals surface area contributed by atoms with Gasteiger partial charge in [-0.15, -0.1) is 0 Å². The number of non-ortho nitro benzene ring substituents is 1. The summed E-state index contributed by atoms with van der Waals surface area (Å²) in [7, 11) is 3.90. The number of carbonyl (C=O) groups is 5. The van der Waals surface area contributed by atoms with Crippen LogP contribution in [0, 0.1) is 10.1 Å². The van der Waals surface area contributed by atoms with Crippen LogP contribution in [-0.4, -0.2) is 97.2 Å². The molecule has 0 spiro atoms. The number of nitro benzene ring substituents is 1. The number of rotatable bonds is 17. The van der Waals surface area contributed by atoms with Crippen LogP contribution < -0.4 is 35.6 Å². The molecular formula is C25H29N5O11SSe. The van der Waals surface area contributed by atoms with Gasteiger partial charge in [0.15, 0.2) is 0 Å². The molecule has 0 aromatic heterocycles. The van der Waals surface area contributed by atoms with E-state index >= 15 is 0 Å². The zero-order valence-electron chi connectivity index (χ0n) is 22.9. The summed E-state index contributed by atoms with van der Waals surface area (Å²) in [5, 5.41) is 36.2. The molecule has 0 bridgehead atoms. The topological polar surface area (TPSA) is 250 Å². The van der Waals surface area contributed by atoms with Gasteiger partial charge in [-0.05, 0) is 0 Å². The first kappa shape index (κ1) is 34.8. The van der Waals surface area contributed by atoms with E-state index < -0.39 is 67.0 Å². The number of ether oxygens (including phenoxy) is 2. The molecule has 0 aliphatic rings. The Hall–Kier alpha value is -4.38. The Bertz CT molecular complexity index is 1380. The van der Waals surface area contributed by atoms with Gasteiger partial charge in [0.1, 0.15) is 0 Å². The van der Waals surface area contributed by atoms with E-state index in [4.69, 9.17) is 25.4 Å². The second-order valence-corrected chi connectivity index (χ2v) is 12.6. The summed E-state index contributed by atoms with van der Waals surface area (Å²) in [5.41, 5.74) is 5.60. The van der Waals surface area contributed by atoms with E-state index in [9.17, 15) is 34.1 Å². The number of methoxy groups -OCH3 is 2. The number of nitrogens with zero attached hydrogens (tertiary/aromatic N) is 1.